The number of fused-ring (bicyclic) bond motifs is 3. The van der Waals surface area contributed by atoms with E-state index in [0.717, 1.165) is 22.3 Å². The molecule has 46 heavy (non-hydrogen) atoms. The van der Waals surface area contributed by atoms with Crippen LogP contribution in [0.15, 0.2) is 94.6 Å². The molecule has 1 aromatic heterocycles. The number of hydrogen-bond donors (Lipinski definition) is 1. The molecule has 0 bridgehead atoms. The zero-order valence-corrected chi connectivity index (χ0v) is 25.9. The Hall–Kier alpha value is -4.42. The fourth-order valence-corrected chi connectivity index (χ4v) is 8.92. The number of rotatable bonds is 7. The lowest BCUT2D eigenvalue weighted by Gasteiger charge is -2.47. The number of pyridine rings is 1. The van der Waals surface area contributed by atoms with Crippen LogP contribution in [0.2, 0.25) is 0 Å². The summed E-state index contributed by atoms with van der Waals surface area (Å²) in [5, 5.41) is 10.7. The van der Waals surface area contributed by atoms with Crippen LogP contribution in [0.3, 0.4) is 0 Å². The lowest BCUT2D eigenvalue weighted by atomic mass is 9.67. The molecule has 0 aliphatic carbocycles. The van der Waals surface area contributed by atoms with Crippen molar-refractivity contribution < 1.29 is 32.9 Å². The van der Waals surface area contributed by atoms with Crippen molar-refractivity contribution in [1.29, 1.82) is 0 Å². The van der Waals surface area contributed by atoms with Gasteiger partial charge < -0.3 is 9.30 Å². The molecule has 3 aromatic carbocycles. The second-order valence-corrected chi connectivity index (χ2v) is 13.9. The summed E-state index contributed by atoms with van der Waals surface area (Å²) in [5.41, 5.74) is 1.73. The second-order valence-electron chi connectivity index (χ2n) is 12.0. The summed E-state index contributed by atoms with van der Waals surface area (Å²) < 4.78 is 37.2. The Bertz CT molecular complexity index is 2020. The molecule has 3 atom stereocenters. The third-order valence-corrected chi connectivity index (χ3v) is 11.6. The maximum Gasteiger partial charge on any atom is 0.319 e. The topological polar surface area (TPSA) is 132 Å². The van der Waals surface area contributed by atoms with E-state index in [1.54, 1.807) is 31.2 Å². The molecule has 2 unspecified atom stereocenters. The van der Waals surface area contributed by atoms with Gasteiger partial charge in [-0.1, -0.05) is 73.7 Å². The predicted octanol–water partition coefficient (Wildman–Crippen LogP) is 4.48. The zero-order chi connectivity index (χ0) is 32.2. The number of aromatic nitrogens is 1. The smallest absolute Gasteiger partial charge is 0.319 e. The van der Waals surface area contributed by atoms with Gasteiger partial charge in [-0.2, -0.15) is 4.31 Å². The zero-order valence-electron chi connectivity index (χ0n) is 25.1. The molecule has 7 rings (SSSR count). The quantitative estimate of drug-likeness (QED) is 0.178. The summed E-state index contributed by atoms with van der Waals surface area (Å²) in [4.78, 5) is 45.5. The van der Waals surface area contributed by atoms with E-state index < -0.39 is 39.1 Å². The Labute approximate surface area is 265 Å². The molecule has 0 spiro atoms. The number of hydrogen-bond acceptors (Lipinski definition) is 8. The van der Waals surface area contributed by atoms with Crippen molar-refractivity contribution in [2.24, 2.45) is 0 Å². The van der Waals surface area contributed by atoms with Gasteiger partial charge in [0.1, 0.15) is 18.1 Å². The van der Waals surface area contributed by atoms with Crippen LogP contribution in [0.5, 0.6) is 0 Å². The first-order valence-corrected chi connectivity index (χ1v) is 16.7. The molecule has 3 aliphatic rings. The number of carbonyl (C=O) groups excluding carboxylic acids is 2. The van der Waals surface area contributed by atoms with Gasteiger partial charge in [-0.15, -0.1) is 0 Å². The maximum atomic E-state index is 14.5. The molecule has 11 heteroatoms. The molecule has 4 heterocycles. The summed E-state index contributed by atoms with van der Waals surface area (Å²) in [6.07, 6.45) is -1.23. The molecule has 0 amide bonds. The average Bonchev–Trinajstić information content (AvgIpc) is 3.46. The van der Waals surface area contributed by atoms with E-state index in [2.05, 4.69) is 0 Å². The highest BCUT2D eigenvalue weighted by Gasteiger charge is 2.58. The van der Waals surface area contributed by atoms with Crippen LogP contribution in [0.25, 0.3) is 11.1 Å². The van der Waals surface area contributed by atoms with Crippen LogP contribution in [-0.2, 0) is 56.0 Å². The fraction of sp³-hybridized carbons (Fsp3) is 0.286. The van der Waals surface area contributed by atoms with Gasteiger partial charge in [-0.3, -0.25) is 19.6 Å². The molecular weight excluding hydrogens is 608 g/mol. The molecule has 10 nitrogen and oxygen atoms in total. The van der Waals surface area contributed by atoms with Gasteiger partial charge in [0.25, 0.3) is 5.56 Å². The maximum absolute atomic E-state index is 14.5. The average molecular weight is 641 g/mol. The van der Waals surface area contributed by atoms with Crippen LogP contribution in [0.4, 0.5) is 0 Å². The summed E-state index contributed by atoms with van der Waals surface area (Å²) in [6.45, 7) is 1.57. The number of sulfonamides is 1. The fourth-order valence-electron chi connectivity index (χ4n) is 7.32. The van der Waals surface area contributed by atoms with Gasteiger partial charge in [-0.05, 0) is 58.9 Å². The molecule has 3 aliphatic heterocycles. The van der Waals surface area contributed by atoms with Crippen molar-refractivity contribution >= 4 is 21.8 Å². The van der Waals surface area contributed by atoms with Gasteiger partial charge in [0, 0.05) is 19.5 Å². The highest BCUT2D eigenvalue weighted by Crippen LogP contribution is 2.45. The summed E-state index contributed by atoms with van der Waals surface area (Å²) in [6, 6.07) is 24.0. The number of esters is 1. The molecule has 236 valence electrons. The van der Waals surface area contributed by atoms with E-state index >= 15 is 0 Å². The van der Waals surface area contributed by atoms with Crippen molar-refractivity contribution in [3.63, 3.8) is 0 Å². The van der Waals surface area contributed by atoms with Crippen molar-refractivity contribution in [2.45, 2.75) is 68.3 Å². The van der Waals surface area contributed by atoms with E-state index in [1.165, 1.54) is 14.9 Å². The SMILES string of the molecule is CCC1([C@@H](OO)C2Cc3ccccc3CN2S(=O)(=O)c2ccc(-c3ccccc3)cc2)C(=O)OCc2c1cc1n(c2=O)CCC1=O. The van der Waals surface area contributed by atoms with E-state index in [0.29, 0.717) is 0 Å². The van der Waals surface area contributed by atoms with Crippen molar-refractivity contribution in [3.8, 4) is 11.1 Å². The van der Waals surface area contributed by atoms with Crippen molar-refractivity contribution in [1.82, 2.24) is 8.87 Å². The van der Waals surface area contributed by atoms with Crippen molar-refractivity contribution in [3.05, 3.63) is 123 Å². The number of ketones is 1. The Balaban J connectivity index is 1.37. The third kappa shape index (κ3) is 4.57. The second kappa shape index (κ2) is 11.4. The molecule has 1 N–H and O–H groups in total. The number of nitrogens with zero attached hydrogens (tertiary/aromatic N) is 2. The normalized spacial score (nSPS) is 21.7. The van der Waals surface area contributed by atoms with E-state index in [1.807, 2.05) is 54.6 Å². The monoisotopic (exact) mass is 640 g/mol. The lowest BCUT2D eigenvalue weighted by Crippen LogP contribution is -2.62. The van der Waals surface area contributed by atoms with Gasteiger partial charge in [0.2, 0.25) is 10.0 Å². The lowest BCUT2D eigenvalue weighted by molar-refractivity contribution is -0.306. The Morgan fingerprint density at radius 3 is 2.33 bits per heavy atom. The first-order chi connectivity index (χ1) is 22.2. The largest absolute Gasteiger partial charge is 0.460 e. The van der Waals surface area contributed by atoms with E-state index in [-0.39, 0.29) is 66.5 Å². The van der Waals surface area contributed by atoms with E-state index in [9.17, 15) is 28.1 Å². The van der Waals surface area contributed by atoms with Crippen LogP contribution < -0.4 is 5.56 Å². The summed E-state index contributed by atoms with van der Waals surface area (Å²) in [7, 11) is -4.23. The molecule has 0 saturated heterocycles. The molecular formula is C35H32N2O8S. The van der Waals surface area contributed by atoms with E-state index in [4.69, 9.17) is 9.62 Å². The number of Topliss-reactive ketones (excluding diaryl/α,β-unsaturated/α-hetero) is 1. The number of ether oxygens (including phenoxy) is 1. The highest BCUT2D eigenvalue weighted by molar-refractivity contribution is 7.89. The third-order valence-electron chi connectivity index (χ3n) is 9.76. The number of carbonyl (C=O) groups is 2. The summed E-state index contributed by atoms with van der Waals surface area (Å²) >= 11 is 0. The molecule has 0 fully saturated rings. The minimum absolute atomic E-state index is 0.00104. The first-order valence-electron chi connectivity index (χ1n) is 15.2. The minimum Gasteiger partial charge on any atom is -0.460 e. The van der Waals surface area contributed by atoms with Crippen LogP contribution in [-0.4, -0.2) is 46.4 Å². The predicted molar refractivity (Wildman–Crippen MR) is 167 cm³/mol. The standard InChI is InChI=1S/C35H32N2O8S/c1-2-35(28-19-29-31(38)16-17-36(29)33(39)27(28)21-44-34(35)40)32(45-41)30-18-24-10-6-7-11-25(24)20-37(30)46(42,43)26-14-12-23(13-15-26)22-8-4-3-5-9-22/h3-15,19,30,32,41H,2,16-18,20-21H2,1H3/t30?,32-,35?/m0/s1. The van der Waals surface area contributed by atoms with Crippen molar-refractivity contribution in [2.75, 3.05) is 0 Å². The first kappa shape index (κ1) is 30.2. The number of benzene rings is 3. The van der Waals surface area contributed by atoms with Crippen LogP contribution in [0, 0.1) is 0 Å². The Morgan fingerprint density at radius 1 is 0.957 bits per heavy atom. The van der Waals surface area contributed by atoms with Gasteiger partial charge in [0.05, 0.1) is 22.2 Å². The minimum atomic E-state index is -4.23. The van der Waals surface area contributed by atoms with Crippen LogP contribution in [0.1, 0.15) is 52.5 Å². The summed E-state index contributed by atoms with van der Waals surface area (Å²) in [5.74, 6) is -1.00. The van der Waals surface area contributed by atoms with Crippen LogP contribution >= 0.6 is 0 Å². The molecule has 0 radical (unpaired) electrons. The Morgan fingerprint density at radius 2 is 1.63 bits per heavy atom. The molecule has 0 saturated carbocycles. The van der Waals surface area contributed by atoms with Gasteiger partial charge in [0.15, 0.2) is 5.78 Å². The molecule has 4 aromatic rings. The number of cyclic esters (lactones) is 1. The Kier molecular flexibility index (Phi) is 7.51. The van der Waals surface area contributed by atoms with Gasteiger partial charge in [-0.25, -0.2) is 13.3 Å². The highest BCUT2D eigenvalue weighted by atomic mass is 32.2. The van der Waals surface area contributed by atoms with Gasteiger partial charge >= 0.3 is 5.97 Å².